The molecular weight excluding hydrogens is 233 g/mol. The van der Waals surface area contributed by atoms with Gasteiger partial charge in [-0.15, -0.1) is 28.3 Å². The third-order valence-electron chi connectivity index (χ3n) is 2.55. The van der Waals surface area contributed by atoms with Gasteiger partial charge in [-0.2, -0.15) is 0 Å². The van der Waals surface area contributed by atoms with E-state index >= 15 is 0 Å². The minimum Gasteiger partial charge on any atom is -0.255 e. The first-order valence-corrected chi connectivity index (χ1v) is 6.20. The third-order valence-corrected chi connectivity index (χ3v) is 3.69. The number of hydrogen-bond donors (Lipinski definition) is 0. The molecule has 0 aromatic carbocycles. The van der Waals surface area contributed by atoms with E-state index in [0.29, 0.717) is 11.8 Å². The van der Waals surface area contributed by atoms with Crippen molar-refractivity contribution in [2.24, 2.45) is 12.5 Å². The number of alkyl halides is 2. The zero-order valence-corrected chi connectivity index (χ0v) is 10.7. The zero-order valence-electron chi connectivity index (χ0n) is 9.21. The van der Waals surface area contributed by atoms with Crippen LogP contribution in [-0.4, -0.2) is 26.8 Å². The largest absolute Gasteiger partial charge is 0.255 e. The van der Waals surface area contributed by atoms with Crippen LogP contribution in [0.3, 0.4) is 0 Å². The highest BCUT2D eigenvalue weighted by Crippen LogP contribution is 2.31. The van der Waals surface area contributed by atoms with Crippen LogP contribution >= 0.6 is 23.2 Å². The first-order chi connectivity index (χ1) is 7.15. The number of rotatable bonds is 6. The summed E-state index contributed by atoms with van der Waals surface area (Å²) in [4.78, 5) is 0. The van der Waals surface area contributed by atoms with E-state index in [9.17, 15) is 0 Å². The predicted molar refractivity (Wildman–Crippen MR) is 63.5 cm³/mol. The van der Waals surface area contributed by atoms with Gasteiger partial charge in [0.25, 0.3) is 0 Å². The Balaban J connectivity index is 2.73. The summed E-state index contributed by atoms with van der Waals surface area (Å²) < 4.78 is 1.70. The summed E-state index contributed by atoms with van der Waals surface area (Å²) in [5.41, 5.74) is 0.931. The Kier molecular flexibility index (Phi) is 4.87. The summed E-state index contributed by atoms with van der Waals surface area (Å²) in [6, 6.07) is 0. The van der Waals surface area contributed by atoms with Gasteiger partial charge in [0.1, 0.15) is 0 Å². The summed E-state index contributed by atoms with van der Waals surface area (Å²) >= 11 is 12.0. The van der Waals surface area contributed by atoms with Crippen molar-refractivity contribution in [3.05, 3.63) is 11.9 Å². The van der Waals surface area contributed by atoms with Crippen LogP contribution in [0.15, 0.2) is 6.20 Å². The molecule has 0 radical (unpaired) electrons. The number of aromatic nitrogens is 3. The molecule has 0 aliphatic heterocycles. The average Bonchev–Trinajstić information content (AvgIpc) is 2.63. The Hall–Kier alpha value is -0.280. The first-order valence-electron chi connectivity index (χ1n) is 5.13. The Morgan fingerprint density at radius 3 is 2.47 bits per heavy atom. The summed E-state index contributed by atoms with van der Waals surface area (Å²) in [5, 5.41) is 7.98. The lowest BCUT2D eigenvalue weighted by molar-refractivity contribution is 0.337. The van der Waals surface area contributed by atoms with E-state index in [1.165, 1.54) is 0 Å². The lowest BCUT2D eigenvalue weighted by Gasteiger charge is -2.28. The van der Waals surface area contributed by atoms with E-state index in [0.717, 1.165) is 25.0 Å². The molecule has 0 bridgehead atoms. The Morgan fingerprint density at radius 2 is 2.07 bits per heavy atom. The third kappa shape index (κ3) is 3.35. The summed E-state index contributed by atoms with van der Waals surface area (Å²) in [6.07, 6.45) is 4.83. The van der Waals surface area contributed by atoms with Crippen LogP contribution in [0.25, 0.3) is 0 Å². The van der Waals surface area contributed by atoms with Crippen LogP contribution in [0.1, 0.15) is 25.5 Å². The molecule has 0 aliphatic rings. The Labute approximate surface area is 101 Å². The SMILES string of the molecule is CCCC(CCl)(CCl)Cc1cn(C)nn1. The molecule has 1 heterocycles. The second kappa shape index (κ2) is 5.71. The molecular formula is C10H17Cl2N3. The predicted octanol–water partition coefficient (Wildman–Crippen LogP) is 2.62. The summed E-state index contributed by atoms with van der Waals surface area (Å²) in [7, 11) is 1.86. The fourth-order valence-corrected chi connectivity index (χ4v) is 2.49. The van der Waals surface area contributed by atoms with Crippen LogP contribution in [0, 0.1) is 5.41 Å². The molecule has 0 unspecified atom stereocenters. The number of aryl methyl sites for hydroxylation is 1. The van der Waals surface area contributed by atoms with E-state index in [1.807, 2.05) is 13.2 Å². The lowest BCUT2D eigenvalue weighted by Crippen LogP contribution is -2.28. The van der Waals surface area contributed by atoms with Crippen LogP contribution in [0.5, 0.6) is 0 Å². The van der Waals surface area contributed by atoms with Gasteiger partial charge in [0.2, 0.25) is 0 Å². The summed E-state index contributed by atoms with van der Waals surface area (Å²) in [5.74, 6) is 1.14. The van der Waals surface area contributed by atoms with Gasteiger partial charge in [0.05, 0.1) is 5.69 Å². The quantitative estimate of drug-likeness (QED) is 0.726. The molecule has 86 valence electrons. The van der Waals surface area contributed by atoms with Gasteiger partial charge in [-0.05, 0) is 6.42 Å². The highest BCUT2D eigenvalue weighted by molar-refractivity contribution is 6.21. The van der Waals surface area contributed by atoms with E-state index in [2.05, 4.69) is 17.2 Å². The molecule has 0 amide bonds. The van der Waals surface area contributed by atoms with Crippen molar-refractivity contribution in [3.8, 4) is 0 Å². The van der Waals surface area contributed by atoms with Gasteiger partial charge in [-0.1, -0.05) is 18.6 Å². The van der Waals surface area contributed by atoms with Crippen molar-refractivity contribution in [3.63, 3.8) is 0 Å². The smallest absolute Gasteiger partial charge is 0.0833 e. The van der Waals surface area contributed by atoms with Crippen LogP contribution in [0.4, 0.5) is 0 Å². The highest BCUT2D eigenvalue weighted by Gasteiger charge is 2.28. The number of halogens is 2. The van der Waals surface area contributed by atoms with Gasteiger partial charge in [-0.25, -0.2) is 0 Å². The summed E-state index contributed by atoms with van der Waals surface area (Å²) in [6.45, 7) is 2.14. The van der Waals surface area contributed by atoms with Gasteiger partial charge in [0, 0.05) is 36.8 Å². The Morgan fingerprint density at radius 1 is 1.40 bits per heavy atom. The number of hydrogen-bond acceptors (Lipinski definition) is 2. The minimum atomic E-state index is -0.0338. The maximum atomic E-state index is 6.02. The van der Waals surface area contributed by atoms with Gasteiger partial charge < -0.3 is 0 Å². The van der Waals surface area contributed by atoms with Crippen LogP contribution < -0.4 is 0 Å². The second-order valence-corrected chi connectivity index (χ2v) is 4.61. The molecule has 0 saturated carbocycles. The monoisotopic (exact) mass is 249 g/mol. The molecule has 3 nitrogen and oxygen atoms in total. The highest BCUT2D eigenvalue weighted by atomic mass is 35.5. The van der Waals surface area contributed by atoms with E-state index in [-0.39, 0.29) is 5.41 Å². The van der Waals surface area contributed by atoms with E-state index in [4.69, 9.17) is 23.2 Å². The van der Waals surface area contributed by atoms with Crippen molar-refractivity contribution in [2.75, 3.05) is 11.8 Å². The van der Waals surface area contributed by atoms with Crippen molar-refractivity contribution in [2.45, 2.75) is 26.2 Å². The van der Waals surface area contributed by atoms with Crippen molar-refractivity contribution in [1.82, 2.24) is 15.0 Å². The van der Waals surface area contributed by atoms with E-state index < -0.39 is 0 Å². The molecule has 5 heteroatoms. The molecule has 1 aromatic rings. The maximum absolute atomic E-state index is 6.02. The first kappa shape index (κ1) is 12.8. The molecule has 0 N–H and O–H groups in total. The number of nitrogens with zero attached hydrogens (tertiary/aromatic N) is 3. The normalized spacial score (nSPS) is 12.0. The molecule has 1 aromatic heterocycles. The van der Waals surface area contributed by atoms with Crippen molar-refractivity contribution in [1.29, 1.82) is 0 Å². The Bertz CT molecular complexity index is 295. The van der Waals surface area contributed by atoms with Gasteiger partial charge >= 0.3 is 0 Å². The fraction of sp³-hybridized carbons (Fsp3) is 0.800. The van der Waals surface area contributed by atoms with E-state index in [1.54, 1.807) is 4.68 Å². The lowest BCUT2D eigenvalue weighted by atomic mass is 9.83. The van der Waals surface area contributed by atoms with Crippen LogP contribution in [-0.2, 0) is 13.5 Å². The van der Waals surface area contributed by atoms with Gasteiger partial charge in [-0.3, -0.25) is 4.68 Å². The fourth-order valence-electron chi connectivity index (χ4n) is 1.74. The molecule has 0 atom stereocenters. The topological polar surface area (TPSA) is 30.7 Å². The molecule has 0 aliphatic carbocycles. The molecule has 0 spiro atoms. The molecule has 15 heavy (non-hydrogen) atoms. The van der Waals surface area contributed by atoms with Gasteiger partial charge in [0.15, 0.2) is 0 Å². The van der Waals surface area contributed by atoms with Crippen molar-refractivity contribution >= 4 is 23.2 Å². The molecule has 1 rings (SSSR count). The standard InChI is InChI=1S/C10H17Cl2N3/c1-3-4-10(7-11,8-12)5-9-6-15(2)14-13-9/h6H,3-5,7-8H2,1-2H3. The minimum absolute atomic E-state index is 0.0338. The molecule has 0 fully saturated rings. The zero-order chi connectivity index (χ0) is 11.3. The second-order valence-electron chi connectivity index (χ2n) is 4.08. The average molecular weight is 250 g/mol. The van der Waals surface area contributed by atoms with Crippen LogP contribution in [0.2, 0.25) is 0 Å². The van der Waals surface area contributed by atoms with Crippen molar-refractivity contribution < 1.29 is 0 Å². The molecule has 0 saturated heterocycles. The maximum Gasteiger partial charge on any atom is 0.0833 e.